The quantitative estimate of drug-likeness (QED) is 0.261. The van der Waals surface area contributed by atoms with Gasteiger partial charge in [0.15, 0.2) is 12.4 Å². The summed E-state index contributed by atoms with van der Waals surface area (Å²) in [4.78, 5) is 15.6. The van der Waals surface area contributed by atoms with Gasteiger partial charge < -0.3 is 5.11 Å². The number of rotatable bonds is 17. The van der Waals surface area contributed by atoms with Crippen molar-refractivity contribution in [3.63, 3.8) is 0 Å². The molecule has 4 nitrogen and oxygen atoms in total. The van der Waals surface area contributed by atoms with E-state index in [1.807, 2.05) is 7.05 Å². The molecule has 1 atom stereocenters. The fraction of sp³-hybridized carbons (Fsp3) is 0.909. The molecule has 0 spiro atoms. The predicted molar refractivity (Wildman–Crippen MR) is 111 cm³/mol. The van der Waals surface area contributed by atoms with Crippen LogP contribution < -0.4 is 0 Å². The van der Waals surface area contributed by atoms with Crippen LogP contribution >= 0.6 is 0 Å². The molecule has 0 amide bonds. The van der Waals surface area contributed by atoms with Crippen LogP contribution in [0.15, 0.2) is 4.99 Å². The van der Waals surface area contributed by atoms with Gasteiger partial charge in [0.25, 0.3) is 0 Å². The molecule has 0 saturated heterocycles. The van der Waals surface area contributed by atoms with E-state index in [1.165, 1.54) is 83.5 Å². The Morgan fingerprint density at radius 3 is 1.81 bits per heavy atom. The van der Waals surface area contributed by atoms with Crippen LogP contribution in [0, 0.1) is 0 Å². The van der Waals surface area contributed by atoms with Gasteiger partial charge in [-0.05, 0) is 6.42 Å². The van der Waals surface area contributed by atoms with Crippen molar-refractivity contribution in [2.24, 2.45) is 4.99 Å². The van der Waals surface area contributed by atoms with Gasteiger partial charge in [0.2, 0.25) is 0 Å². The average Bonchev–Trinajstić information content (AvgIpc) is 2.94. The molecule has 1 heterocycles. The molecule has 1 rings (SSSR count). The fourth-order valence-corrected chi connectivity index (χ4v) is 4.00. The van der Waals surface area contributed by atoms with E-state index in [0.29, 0.717) is 4.48 Å². The van der Waals surface area contributed by atoms with Crippen molar-refractivity contribution >= 4 is 11.8 Å². The number of carboxylic acids is 1. The molecule has 0 radical (unpaired) electrons. The number of aliphatic carboxylic acids is 1. The summed E-state index contributed by atoms with van der Waals surface area (Å²) in [7, 11) is 2.02. The van der Waals surface area contributed by atoms with E-state index in [9.17, 15) is 4.79 Å². The lowest BCUT2D eigenvalue weighted by Crippen LogP contribution is -2.50. The Balaban J connectivity index is 1.90. The van der Waals surface area contributed by atoms with Gasteiger partial charge in [-0.25, -0.2) is 9.79 Å². The number of quaternary nitrogens is 1. The summed E-state index contributed by atoms with van der Waals surface area (Å²) in [5.41, 5.74) is 0. The number of nitrogens with zero attached hydrogens (tertiary/aromatic N) is 2. The number of carbonyl (C=O) groups is 1. The first-order valence-corrected chi connectivity index (χ1v) is 11.2. The molecule has 1 aliphatic heterocycles. The van der Waals surface area contributed by atoms with Crippen molar-refractivity contribution in [2.45, 2.75) is 103 Å². The predicted octanol–water partition coefficient (Wildman–Crippen LogP) is 5.80. The van der Waals surface area contributed by atoms with Crippen LogP contribution in [0.5, 0.6) is 0 Å². The normalized spacial score (nSPS) is 19.7. The summed E-state index contributed by atoms with van der Waals surface area (Å²) in [5, 5.41) is 9.08. The molecule has 1 aliphatic rings. The van der Waals surface area contributed by atoms with Gasteiger partial charge >= 0.3 is 5.97 Å². The summed E-state index contributed by atoms with van der Waals surface area (Å²) in [6.45, 7) is 4.09. The maximum absolute atomic E-state index is 11.0. The smallest absolute Gasteiger partial charge is 0.359 e. The van der Waals surface area contributed by atoms with Crippen LogP contribution in [0.2, 0.25) is 0 Å². The Morgan fingerprint density at radius 1 is 0.885 bits per heavy atom. The Morgan fingerprint density at radius 2 is 1.35 bits per heavy atom. The van der Waals surface area contributed by atoms with Crippen molar-refractivity contribution in [2.75, 3.05) is 26.7 Å². The van der Waals surface area contributed by atoms with Crippen LogP contribution in [-0.2, 0) is 4.79 Å². The minimum Gasteiger partial charge on any atom is -0.477 e. The number of aliphatic imine (C=N–C) groups is 1. The highest BCUT2D eigenvalue weighted by Gasteiger charge is 2.35. The first-order chi connectivity index (χ1) is 12.6. The maximum Gasteiger partial charge on any atom is 0.359 e. The summed E-state index contributed by atoms with van der Waals surface area (Å²) < 4.78 is 0.522. The second-order valence-corrected chi connectivity index (χ2v) is 8.32. The largest absolute Gasteiger partial charge is 0.477 e. The number of unbranched alkanes of at least 4 members (excludes halogenated alkanes) is 13. The van der Waals surface area contributed by atoms with E-state index in [1.54, 1.807) is 0 Å². The van der Waals surface area contributed by atoms with Crippen molar-refractivity contribution in [3.8, 4) is 0 Å². The lowest BCUT2D eigenvalue weighted by atomic mass is 10.0. The van der Waals surface area contributed by atoms with Crippen LogP contribution in [-0.4, -0.2) is 48.1 Å². The minimum atomic E-state index is -0.719. The van der Waals surface area contributed by atoms with Gasteiger partial charge in [0.1, 0.15) is 6.54 Å². The number of likely N-dealkylation sites (N-methyl/N-ethyl adjacent to an activating group) is 1. The van der Waals surface area contributed by atoms with E-state index in [4.69, 9.17) is 5.11 Å². The van der Waals surface area contributed by atoms with Crippen LogP contribution in [0.1, 0.15) is 103 Å². The van der Waals surface area contributed by atoms with Crippen LogP contribution in [0.25, 0.3) is 0 Å². The van der Waals surface area contributed by atoms with E-state index in [0.717, 1.165) is 31.8 Å². The zero-order valence-electron chi connectivity index (χ0n) is 17.5. The van der Waals surface area contributed by atoms with Crippen LogP contribution in [0.3, 0.4) is 0 Å². The van der Waals surface area contributed by atoms with Gasteiger partial charge in [0, 0.05) is 6.42 Å². The Hall–Kier alpha value is -0.900. The first kappa shape index (κ1) is 23.1. The van der Waals surface area contributed by atoms with Crippen molar-refractivity contribution in [1.82, 2.24) is 0 Å². The molecule has 1 unspecified atom stereocenters. The zero-order chi connectivity index (χ0) is 19.1. The average molecular weight is 368 g/mol. The molecule has 0 aromatic rings. The van der Waals surface area contributed by atoms with Gasteiger partial charge in [-0.2, -0.15) is 0 Å². The van der Waals surface area contributed by atoms with E-state index < -0.39 is 5.97 Å². The highest BCUT2D eigenvalue weighted by Crippen LogP contribution is 2.18. The van der Waals surface area contributed by atoms with Gasteiger partial charge in [-0.3, -0.25) is 4.48 Å². The van der Waals surface area contributed by atoms with Crippen molar-refractivity contribution in [3.05, 3.63) is 0 Å². The Bertz CT molecular complexity index is 409. The summed E-state index contributed by atoms with van der Waals surface area (Å²) in [5.74, 6) is 0.384. The van der Waals surface area contributed by atoms with Crippen molar-refractivity contribution < 1.29 is 14.4 Å². The second-order valence-electron chi connectivity index (χ2n) is 8.32. The molecule has 152 valence electrons. The van der Waals surface area contributed by atoms with Gasteiger partial charge in [-0.15, -0.1) is 0 Å². The second kappa shape index (κ2) is 14.2. The van der Waals surface area contributed by atoms with Crippen molar-refractivity contribution in [1.29, 1.82) is 0 Å². The van der Waals surface area contributed by atoms with E-state index in [-0.39, 0.29) is 6.54 Å². The summed E-state index contributed by atoms with van der Waals surface area (Å²) in [6, 6.07) is 0. The highest BCUT2D eigenvalue weighted by molar-refractivity contribution is 5.79. The lowest BCUT2D eigenvalue weighted by molar-refractivity contribution is -0.807. The summed E-state index contributed by atoms with van der Waals surface area (Å²) >= 11 is 0. The molecule has 0 aromatic heterocycles. The Kier molecular flexibility index (Phi) is 12.6. The lowest BCUT2D eigenvalue weighted by Gasteiger charge is -2.28. The Labute approximate surface area is 161 Å². The molecule has 4 heteroatoms. The molecule has 1 N–H and O–H groups in total. The number of hydrogen-bond acceptors (Lipinski definition) is 2. The monoisotopic (exact) mass is 367 g/mol. The third-order valence-corrected chi connectivity index (χ3v) is 5.75. The highest BCUT2D eigenvalue weighted by atomic mass is 16.4. The van der Waals surface area contributed by atoms with E-state index in [2.05, 4.69) is 11.9 Å². The van der Waals surface area contributed by atoms with Gasteiger partial charge in [-0.1, -0.05) is 90.4 Å². The standard InChI is InChI=1S/C22H42N2O2/c1-3-4-5-6-7-8-9-10-11-12-13-14-15-16-17-21-23-18-19-24(21,2)20-22(25)26/h3-20H2,1-2H3/p+1. The molecular formula is C22H43N2O2+. The van der Waals surface area contributed by atoms with Gasteiger partial charge in [0.05, 0.1) is 13.6 Å². The first-order valence-electron chi connectivity index (χ1n) is 11.2. The van der Waals surface area contributed by atoms with E-state index >= 15 is 0 Å². The zero-order valence-corrected chi connectivity index (χ0v) is 17.5. The molecule has 0 saturated carbocycles. The summed E-state index contributed by atoms with van der Waals surface area (Å²) in [6.07, 6.45) is 20.1. The molecule has 0 aliphatic carbocycles. The third kappa shape index (κ3) is 10.3. The fourth-order valence-electron chi connectivity index (χ4n) is 4.00. The SMILES string of the molecule is CCCCCCCCCCCCCCCCC1=NCC[N+]1(C)CC(=O)O. The molecule has 26 heavy (non-hydrogen) atoms. The molecule has 0 bridgehead atoms. The third-order valence-electron chi connectivity index (χ3n) is 5.75. The maximum atomic E-state index is 11.0. The topological polar surface area (TPSA) is 49.7 Å². The number of hydrogen-bond donors (Lipinski definition) is 1. The molecule has 0 aromatic carbocycles. The number of carboxylic acid groups (broad SMARTS) is 1. The molecular weight excluding hydrogens is 324 g/mol. The number of amidine groups is 1. The molecule has 0 fully saturated rings. The minimum absolute atomic E-state index is 0.178. The van der Waals surface area contributed by atoms with Crippen LogP contribution in [0.4, 0.5) is 0 Å².